The first-order valence-electron chi connectivity index (χ1n) is 7.10. The minimum absolute atomic E-state index is 0.269. The van der Waals surface area contributed by atoms with Gasteiger partial charge in [-0.2, -0.15) is 0 Å². The summed E-state index contributed by atoms with van der Waals surface area (Å²) in [5.41, 5.74) is 1.02. The first-order valence-corrected chi connectivity index (χ1v) is 7.10. The van der Waals surface area contributed by atoms with Gasteiger partial charge in [0.15, 0.2) is 0 Å². The highest BCUT2D eigenvalue weighted by atomic mass is 16.5. The van der Waals surface area contributed by atoms with Gasteiger partial charge in [-0.25, -0.2) is 9.78 Å². The summed E-state index contributed by atoms with van der Waals surface area (Å²) in [4.78, 5) is 17.7. The Morgan fingerprint density at radius 1 is 1.43 bits per heavy atom. The molecule has 1 atom stereocenters. The first kappa shape index (κ1) is 13.8. The molecule has 5 nitrogen and oxygen atoms in total. The van der Waals surface area contributed by atoms with Crippen LogP contribution in [0, 0.1) is 0 Å². The number of ether oxygens (including phenoxy) is 1. The molecule has 1 N–H and O–H groups in total. The molecule has 0 spiro atoms. The predicted molar refractivity (Wildman–Crippen MR) is 79.8 cm³/mol. The van der Waals surface area contributed by atoms with E-state index in [-0.39, 0.29) is 5.56 Å². The van der Waals surface area contributed by atoms with E-state index >= 15 is 0 Å². The average Bonchev–Trinajstić information content (AvgIpc) is 2.89. The Hall–Kier alpha value is -2.14. The Balaban J connectivity index is 1.75. The van der Waals surface area contributed by atoms with Gasteiger partial charge in [0.1, 0.15) is 6.61 Å². The van der Waals surface area contributed by atoms with Crippen LogP contribution >= 0.6 is 0 Å². The molecule has 1 aromatic heterocycles. The highest BCUT2D eigenvalue weighted by molar-refractivity contribution is 5.93. The molecule has 1 saturated heterocycles. The number of aromatic carboxylic acids is 1. The predicted octanol–water partition coefficient (Wildman–Crippen LogP) is 2.41. The number of hydrogen-bond donors (Lipinski definition) is 1. The number of benzene rings is 1. The Bertz CT molecular complexity index is 672. The molecule has 2 heterocycles. The van der Waals surface area contributed by atoms with E-state index in [0.29, 0.717) is 18.5 Å². The molecule has 1 aromatic carbocycles. The zero-order chi connectivity index (χ0) is 14.8. The molecule has 2 aromatic rings. The van der Waals surface area contributed by atoms with Gasteiger partial charge in [-0.15, -0.1) is 0 Å². The molecular formula is C16H18N2O3. The second-order valence-electron chi connectivity index (χ2n) is 5.45. The third kappa shape index (κ3) is 2.97. The molecule has 1 fully saturated rings. The lowest BCUT2D eigenvalue weighted by Crippen LogP contribution is -2.30. The van der Waals surface area contributed by atoms with Gasteiger partial charge >= 0.3 is 5.97 Å². The zero-order valence-corrected chi connectivity index (χ0v) is 12.0. The minimum atomic E-state index is -0.929. The fourth-order valence-corrected chi connectivity index (χ4v) is 2.69. The van der Waals surface area contributed by atoms with Gasteiger partial charge in [0, 0.05) is 17.5 Å². The quantitative estimate of drug-likeness (QED) is 0.935. The summed E-state index contributed by atoms with van der Waals surface area (Å²) in [5, 5.41) is 9.79. The molecule has 0 saturated carbocycles. The maximum Gasteiger partial charge on any atom is 0.335 e. The van der Waals surface area contributed by atoms with Crippen LogP contribution in [0.1, 0.15) is 23.2 Å². The molecule has 1 aliphatic heterocycles. The van der Waals surface area contributed by atoms with Crippen molar-refractivity contribution >= 4 is 16.9 Å². The van der Waals surface area contributed by atoms with Crippen molar-refractivity contribution in [3.05, 3.63) is 35.9 Å². The molecule has 0 unspecified atom stereocenters. The number of carboxylic acid groups (broad SMARTS) is 1. The van der Waals surface area contributed by atoms with E-state index in [1.807, 2.05) is 6.07 Å². The molecule has 1 aliphatic rings. The van der Waals surface area contributed by atoms with Gasteiger partial charge in [-0.1, -0.05) is 0 Å². The van der Waals surface area contributed by atoms with Crippen molar-refractivity contribution in [1.82, 2.24) is 9.88 Å². The van der Waals surface area contributed by atoms with Gasteiger partial charge < -0.3 is 14.7 Å². The van der Waals surface area contributed by atoms with Crippen molar-refractivity contribution < 1.29 is 14.6 Å². The highest BCUT2D eigenvalue weighted by Crippen LogP contribution is 2.20. The lowest BCUT2D eigenvalue weighted by atomic mass is 10.1. The SMILES string of the molecule is CN1CCC[C@H]1COc1ccc2cc(C(=O)O)ccc2n1. The van der Waals surface area contributed by atoms with Crippen molar-refractivity contribution in [2.24, 2.45) is 0 Å². The van der Waals surface area contributed by atoms with Crippen LogP contribution in [-0.2, 0) is 0 Å². The molecule has 0 aliphatic carbocycles. The number of hydrogen-bond acceptors (Lipinski definition) is 4. The third-order valence-corrected chi connectivity index (χ3v) is 4.01. The number of carboxylic acids is 1. The van der Waals surface area contributed by atoms with E-state index in [1.54, 1.807) is 24.3 Å². The second-order valence-corrected chi connectivity index (χ2v) is 5.45. The smallest absolute Gasteiger partial charge is 0.335 e. The second kappa shape index (κ2) is 5.69. The minimum Gasteiger partial charge on any atom is -0.478 e. The standard InChI is InChI=1S/C16H18N2O3/c1-18-8-2-3-13(18)10-21-15-7-5-11-9-12(16(19)20)4-6-14(11)17-15/h4-7,9,13H,2-3,8,10H2,1H3,(H,19,20)/t13-/m0/s1. The van der Waals surface area contributed by atoms with E-state index in [1.165, 1.54) is 6.42 Å². The van der Waals surface area contributed by atoms with Crippen LogP contribution in [0.3, 0.4) is 0 Å². The molecule has 0 bridgehead atoms. The lowest BCUT2D eigenvalue weighted by molar-refractivity contribution is 0.0697. The van der Waals surface area contributed by atoms with E-state index in [0.717, 1.165) is 23.9 Å². The first-order chi connectivity index (χ1) is 10.1. The molecule has 110 valence electrons. The van der Waals surface area contributed by atoms with Gasteiger partial charge in [0.25, 0.3) is 0 Å². The number of nitrogens with zero attached hydrogens (tertiary/aromatic N) is 2. The van der Waals surface area contributed by atoms with Gasteiger partial charge in [-0.3, -0.25) is 0 Å². The number of pyridine rings is 1. The van der Waals surface area contributed by atoms with Crippen molar-refractivity contribution in [3.8, 4) is 5.88 Å². The number of likely N-dealkylation sites (tertiary alicyclic amines) is 1. The lowest BCUT2D eigenvalue weighted by Gasteiger charge is -2.19. The number of carbonyl (C=O) groups is 1. The summed E-state index contributed by atoms with van der Waals surface area (Å²) in [6.07, 6.45) is 2.37. The summed E-state index contributed by atoms with van der Waals surface area (Å²) < 4.78 is 5.78. The van der Waals surface area contributed by atoms with E-state index < -0.39 is 5.97 Å². The molecule has 21 heavy (non-hydrogen) atoms. The number of likely N-dealkylation sites (N-methyl/N-ethyl adjacent to an activating group) is 1. The average molecular weight is 286 g/mol. The summed E-state index contributed by atoms with van der Waals surface area (Å²) in [7, 11) is 2.11. The Morgan fingerprint density at radius 2 is 2.29 bits per heavy atom. The third-order valence-electron chi connectivity index (χ3n) is 4.01. The fraction of sp³-hybridized carbons (Fsp3) is 0.375. The van der Waals surface area contributed by atoms with E-state index in [9.17, 15) is 4.79 Å². The monoisotopic (exact) mass is 286 g/mol. The number of aromatic nitrogens is 1. The maximum atomic E-state index is 10.9. The maximum absolute atomic E-state index is 10.9. The van der Waals surface area contributed by atoms with Gasteiger partial charge in [0.05, 0.1) is 11.1 Å². The number of rotatable bonds is 4. The largest absolute Gasteiger partial charge is 0.478 e. The topological polar surface area (TPSA) is 62.7 Å². The van der Waals surface area contributed by atoms with Crippen molar-refractivity contribution in [1.29, 1.82) is 0 Å². The van der Waals surface area contributed by atoms with Crippen LogP contribution in [0.25, 0.3) is 10.9 Å². The van der Waals surface area contributed by atoms with Crippen LogP contribution in [0.5, 0.6) is 5.88 Å². The molecule has 0 amide bonds. The van der Waals surface area contributed by atoms with Crippen molar-refractivity contribution in [3.63, 3.8) is 0 Å². The fourth-order valence-electron chi connectivity index (χ4n) is 2.69. The van der Waals surface area contributed by atoms with Crippen LogP contribution in [-0.4, -0.2) is 47.2 Å². The molecule has 3 rings (SSSR count). The summed E-state index contributed by atoms with van der Waals surface area (Å²) in [6.45, 7) is 1.76. The summed E-state index contributed by atoms with van der Waals surface area (Å²) >= 11 is 0. The zero-order valence-electron chi connectivity index (χ0n) is 12.0. The van der Waals surface area contributed by atoms with Gasteiger partial charge in [-0.05, 0) is 50.7 Å². The van der Waals surface area contributed by atoms with Crippen molar-refractivity contribution in [2.45, 2.75) is 18.9 Å². The van der Waals surface area contributed by atoms with Crippen LogP contribution in [0.2, 0.25) is 0 Å². The Labute approximate surface area is 123 Å². The van der Waals surface area contributed by atoms with E-state index in [4.69, 9.17) is 9.84 Å². The normalized spacial score (nSPS) is 19.0. The van der Waals surface area contributed by atoms with Crippen LogP contribution < -0.4 is 4.74 Å². The van der Waals surface area contributed by atoms with Crippen LogP contribution in [0.15, 0.2) is 30.3 Å². The molecule has 0 radical (unpaired) electrons. The molecular weight excluding hydrogens is 268 g/mol. The van der Waals surface area contributed by atoms with Crippen molar-refractivity contribution in [2.75, 3.05) is 20.2 Å². The highest BCUT2D eigenvalue weighted by Gasteiger charge is 2.21. The van der Waals surface area contributed by atoms with Gasteiger partial charge in [0.2, 0.25) is 5.88 Å². The summed E-state index contributed by atoms with van der Waals surface area (Å²) in [6, 6.07) is 9.00. The Morgan fingerprint density at radius 3 is 3.00 bits per heavy atom. The molecule has 5 heteroatoms. The Kier molecular flexibility index (Phi) is 3.75. The van der Waals surface area contributed by atoms with E-state index in [2.05, 4.69) is 16.9 Å². The van der Waals surface area contributed by atoms with Crippen LogP contribution in [0.4, 0.5) is 0 Å². The number of fused-ring (bicyclic) bond motifs is 1. The summed E-state index contributed by atoms with van der Waals surface area (Å²) in [5.74, 6) is -0.340.